The lowest BCUT2D eigenvalue weighted by molar-refractivity contribution is 0.0933. The lowest BCUT2D eigenvalue weighted by Gasteiger charge is -2.32. The lowest BCUT2D eigenvalue weighted by atomic mass is 10.1. The smallest absolute Gasteiger partial charge is 0.255 e. The molecular weight excluding hydrogens is 382 g/mol. The van der Waals surface area contributed by atoms with Crippen LogP contribution in [-0.2, 0) is 13.0 Å². The second-order valence-corrected chi connectivity index (χ2v) is 7.90. The van der Waals surface area contributed by atoms with E-state index in [0.717, 1.165) is 31.6 Å². The fourth-order valence-electron chi connectivity index (χ4n) is 3.50. The van der Waals surface area contributed by atoms with E-state index in [9.17, 15) is 13.6 Å². The summed E-state index contributed by atoms with van der Waals surface area (Å²) in [6.45, 7) is 4.31. The fourth-order valence-corrected chi connectivity index (χ4v) is 4.39. The first kappa shape index (κ1) is 18.8. The molecule has 1 aromatic carbocycles. The van der Waals surface area contributed by atoms with Crippen molar-refractivity contribution in [1.29, 1.82) is 0 Å². The molecule has 0 spiro atoms. The Bertz CT molecular complexity index is 980. The Kier molecular flexibility index (Phi) is 5.23. The molecule has 1 amide bonds. The van der Waals surface area contributed by atoms with Crippen LogP contribution >= 0.6 is 11.3 Å². The summed E-state index contributed by atoms with van der Waals surface area (Å²) in [6, 6.07) is 5.87. The van der Waals surface area contributed by atoms with Gasteiger partial charge in [-0.3, -0.25) is 14.8 Å². The van der Waals surface area contributed by atoms with Crippen molar-refractivity contribution >= 4 is 17.2 Å². The zero-order valence-corrected chi connectivity index (χ0v) is 16.2. The van der Waals surface area contributed by atoms with Crippen LogP contribution in [0.4, 0.5) is 8.78 Å². The van der Waals surface area contributed by atoms with Crippen LogP contribution in [-0.4, -0.2) is 40.1 Å². The van der Waals surface area contributed by atoms with Crippen molar-refractivity contribution < 1.29 is 13.6 Å². The number of benzene rings is 1. The second kappa shape index (κ2) is 7.81. The van der Waals surface area contributed by atoms with E-state index < -0.39 is 17.5 Å². The number of nitrogens with zero attached hydrogens (tertiary/aromatic N) is 2. The molecule has 5 nitrogen and oxygen atoms in total. The maximum atomic E-state index is 14.1. The van der Waals surface area contributed by atoms with E-state index in [-0.39, 0.29) is 22.9 Å². The predicted octanol–water partition coefficient (Wildman–Crippen LogP) is 3.59. The highest BCUT2D eigenvalue weighted by Crippen LogP contribution is 2.27. The van der Waals surface area contributed by atoms with Crippen molar-refractivity contribution in [3.63, 3.8) is 0 Å². The second-order valence-electron chi connectivity index (χ2n) is 6.90. The Morgan fingerprint density at radius 2 is 2.14 bits per heavy atom. The zero-order chi connectivity index (χ0) is 19.7. The van der Waals surface area contributed by atoms with Gasteiger partial charge in [-0.05, 0) is 42.5 Å². The number of hydrogen-bond acceptors (Lipinski definition) is 4. The van der Waals surface area contributed by atoms with E-state index in [1.807, 2.05) is 0 Å². The van der Waals surface area contributed by atoms with Gasteiger partial charge >= 0.3 is 0 Å². The number of H-pyrrole nitrogens is 1. The molecule has 1 aliphatic heterocycles. The molecule has 2 N–H and O–H groups in total. The van der Waals surface area contributed by atoms with Gasteiger partial charge < -0.3 is 5.32 Å². The quantitative estimate of drug-likeness (QED) is 0.686. The van der Waals surface area contributed by atoms with Crippen LogP contribution in [0, 0.1) is 11.6 Å². The average Bonchev–Trinajstić information content (AvgIpc) is 3.34. The topological polar surface area (TPSA) is 61.0 Å². The Morgan fingerprint density at radius 3 is 2.93 bits per heavy atom. The molecule has 1 unspecified atom stereocenters. The molecule has 4 rings (SSSR count). The highest BCUT2D eigenvalue weighted by Gasteiger charge is 2.24. The van der Waals surface area contributed by atoms with Crippen molar-refractivity contribution in [3.05, 3.63) is 63.5 Å². The van der Waals surface area contributed by atoms with Gasteiger partial charge in [0.05, 0.1) is 23.0 Å². The third kappa shape index (κ3) is 3.57. The molecular formula is C20H20F2N4OS. The van der Waals surface area contributed by atoms with Crippen molar-refractivity contribution in [2.75, 3.05) is 13.1 Å². The number of thiophene rings is 1. The molecule has 0 radical (unpaired) electrons. The highest BCUT2D eigenvalue weighted by molar-refractivity contribution is 7.10. The molecule has 0 fully saturated rings. The molecule has 0 saturated heterocycles. The standard InChI is InChI=1S/C20H20F2N4OS/c1-12(26-7-5-17-13(11-26)6-8-28-17)9-23-20(27)14-10-24-25-19(14)18-15(21)3-2-4-16(18)22/h2-4,6,8,10,12H,5,7,9,11H2,1H3,(H,23,27)(H,24,25). The number of aromatic nitrogens is 2. The number of aromatic amines is 1. The first-order valence-corrected chi connectivity index (χ1v) is 9.97. The minimum absolute atomic E-state index is 0.0432. The van der Waals surface area contributed by atoms with E-state index >= 15 is 0 Å². The normalized spacial score (nSPS) is 15.2. The molecule has 0 aliphatic carbocycles. The summed E-state index contributed by atoms with van der Waals surface area (Å²) < 4.78 is 28.2. The van der Waals surface area contributed by atoms with Gasteiger partial charge in [-0.25, -0.2) is 8.78 Å². The number of carbonyl (C=O) groups is 1. The van der Waals surface area contributed by atoms with E-state index in [4.69, 9.17) is 0 Å². The first-order valence-electron chi connectivity index (χ1n) is 9.10. The molecule has 2 aromatic heterocycles. The van der Waals surface area contributed by atoms with Crippen molar-refractivity contribution in [1.82, 2.24) is 20.4 Å². The third-order valence-electron chi connectivity index (χ3n) is 5.12. The summed E-state index contributed by atoms with van der Waals surface area (Å²) in [4.78, 5) is 16.4. The number of hydrogen-bond donors (Lipinski definition) is 2. The maximum absolute atomic E-state index is 14.1. The molecule has 1 aliphatic rings. The zero-order valence-electron chi connectivity index (χ0n) is 15.3. The summed E-state index contributed by atoms with van der Waals surface area (Å²) in [5, 5.41) is 11.3. The van der Waals surface area contributed by atoms with Gasteiger partial charge in [-0.1, -0.05) is 6.07 Å². The summed E-state index contributed by atoms with van der Waals surface area (Å²) in [7, 11) is 0. The van der Waals surface area contributed by atoms with Gasteiger partial charge in [0.2, 0.25) is 0 Å². The summed E-state index contributed by atoms with van der Waals surface area (Å²) in [5.41, 5.74) is 1.23. The van der Waals surface area contributed by atoms with Crippen molar-refractivity contribution in [2.45, 2.75) is 25.9 Å². The van der Waals surface area contributed by atoms with E-state index in [0.29, 0.717) is 6.54 Å². The summed E-state index contributed by atoms with van der Waals surface area (Å²) in [5.74, 6) is -1.90. The van der Waals surface area contributed by atoms with Crippen LogP contribution in [0.3, 0.4) is 0 Å². The molecule has 28 heavy (non-hydrogen) atoms. The number of fused-ring (bicyclic) bond motifs is 1. The minimum Gasteiger partial charge on any atom is -0.350 e. The average molecular weight is 402 g/mol. The molecule has 0 saturated carbocycles. The summed E-state index contributed by atoms with van der Waals surface area (Å²) in [6.07, 6.45) is 2.31. The Hall–Kier alpha value is -2.58. The third-order valence-corrected chi connectivity index (χ3v) is 6.14. The van der Waals surface area contributed by atoms with Gasteiger partial charge in [-0.15, -0.1) is 11.3 Å². The van der Waals surface area contributed by atoms with Crippen LogP contribution < -0.4 is 5.32 Å². The molecule has 3 heterocycles. The number of halogens is 2. The van der Waals surface area contributed by atoms with Gasteiger partial charge in [0.1, 0.15) is 11.6 Å². The summed E-state index contributed by atoms with van der Waals surface area (Å²) >= 11 is 1.79. The molecule has 8 heteroatoms. The van der Waals surface area contributed by atoms with Crippen molar-refractivity contribution in [2.24, 2.45) is 0 Å². The molecule has 0 bridgehead atoms. The lowest BCUT2D eigenvalue weighted by Crippen LogP contribution is -2.44. The number of carbonyl (C=O) groups excluding carboxylic acids is 1. The van der Waals surface area contributed by atoms with Gasteiger partial charge in [0, 0.05) is 30.6 Å². The van der Waals surface area contributed by atoms with Crippen LogP contribution in [0.15, 0.2) is 35.8 Å². The van der Waals surface area contributed by atoms with Crippen molar-refractivity contribution in [3.8, 4) is 11.3 Å². The van der Waals surface area contributed by atoms with Crippen LogP contribution in [0.2, 0.25) is 0 Å². The molecule has 3 aromatic rings. The fraction of sp³-hybridized carbons (Fsp3) is 0.300. The van der Waals surface area contributed by atoms with Crippen LogP contribution in [0.1, 0.15) is 27.7 Å². The SMILES string of the molecule is CC(CNC(=O)c1cn[nH]c1-c1c(F)cccc1F)N1CCc2sccc2C1. The van der Waals surface area contributed by atoms with Crippen LogP contribution in [0.25, 0.3) is 11.3 Å². The Morgan fingerprint density at radius 1 is 1.36 bits per heavy atom. The van der Waals surface area contributed by atoms with Crippen LogP contribution in [0.5, 0.6) is 0 Å². The number of amides is 1. The Labute approximate surface area is 165 Å². The first-order chi connectivity index (χ1) is 13.5. The van der Waals surface area contributed by atoms with E-state index in [1.165, 1.54) is 22.7 Å². The maximum Gasteiger partial charge on any atom is 0.255 e. The van der Waals surface area contributed by atoms with Gasteiger partial charge in [-0.2, -0.15) is 5.10 Å². The monoisotopic (exact) mass is 402 g/mol. The Balaban J connectivity index is 1.43. The number of nitrogens with one attached hydrogen (secondary N) is 2. The largest absolute Gasteiger partial charge is 0.350 e. The van der Waals surface area contributed by atoms with Gasteiger partial charge in [0.25, 0.3) is 5.91 Å². The van der Waals surface area contributed by atoms with E-state index in [1.54, 1.807) is 11.3 Å². The number of rotatable bonds is 5. The van der Waals surface area contributed by atoms with E-state index in [2.05, 4.69) is 38.8 Å². The minimum atomic E-state index is -0.744. The molecule has 1 atom stereocenters. The molecule has 146 valence electrons. The predicted molar refractivity (Wildman–Crippen MR) is 104 cm³/mol. The van der Waals surface area contributed by atoms with Gasteiger partial charge in [0.15, 0.2) is 0 Å². The highest BCUT2D eigenvalue weighted by atomic mass is 32.1.